The predicted molar refractivity (Wildman–Crippen MR) is 84.7 cm³/mol. The van der Waals surface area contributed by atoms with Crippen LogP contribution in [-0.4, -0.2) is 15.6 Å². The maximum atomic E-state index is 12.6. The van der Waals surface area contributed by atoms with E-state index in [2.05, 4.69) is 0 Å². The second kappa shape index (κ2) is 6.22. The van der Waals surface area contributed by atoms with Gasteiger partial charge in [0, 0.05) is 29.1 Å². The van der Waals surface area contributed by atoms with E-state index in [0.29, 0.717) is 22.9 Å². The van der Waals surface area contributed by atoms with Gasteiger partial charge < -0.3 is 5.11 Å². The lowest BCUT2D eigenvalue weighted by atomic mass is 10.0. The normalized spacial score (nSPS) is 11.7. The quantitative estimate of drug-likeness (QED) is 0.876. The highest BCUT2D eigenvalue weighted by Crippen LogP contribution is 2.21. The first-order valence-electron chi connectivity index (χ1n) is 6.75. The van der Waals surface area contributed by atoms with Crippen LogP contribution in [0.15, 0.2) is 47.3 Å². The summed E-state index contributed by atoms with van der Waals surface area (Å²) in [6, 6.07) is 6.82. The van der Waals surface area contributed by atoms with Crippen LogP contribution in [0, 0.1) is 0 Å². The summed E-state index contributed by atoms with van der Waals surface area (Å²) in [6.45, 7) is 3.65. The number of carbonyl (C=O) groups is 1. The molecule has 0 aliphatic heterocycles. The third-order valence-electron chi connectivity index (χ3n) is 3.28. The molecule has 2 aromatic rings. The zero-order valence-electron chi connectivity index (χ0n) is 12.0. The fraction of sp³-hybridized carbons (Fsp3) is 0.176. The molecule has 2 rings (SSSR count). The molecule has 1 aromatic carbocycles. The molecule has 0 radical (unpaired) electrons. The van der Waals surface area contributed by atoms with Crippen molar-refractivity contribution in [3.63, 3.8) is 0 Å². The highest BCUT2D eigenvalue weighted by Gasteiger charge is 2.19. The molecule has 0 amide bonds. The summed E-state index contributed by atoms with van der Waals surface area (Å²) >= 11 is 0. The Balaban J connectivity index is 2.99. The summed E-state index contributed by atoms with van der Waals surface area (Å²) < 4.78 is 1.42. The molecule has 1 heterocycles. The molecule has 1 N–H and O–H groups in total. The van der Waals surface area contributed by atoms with Gasteiger partial charge in [-0.2, -0.15) is 0 Å². The smallest absolute Gasteiger partial charge is 0.338 e. The number of allylic oxidation sites excluding steroid dienone is 3. The third kappa shape index (κ3) is 2.65. The Morgan fingerprint density at radius 2 is 1.86 bits per heavy atom. The van der Waals surface area contributed by atoms with Crippen molar-refractivity contribution in [3.05, 3.63) is 64.1 Å². The first-order valence-corrected chi connectivity index (χ1v) is 6.75. The van der Waals surface area contributed by atoms with Crippen molar-refractivity contribution in [1.82, 2.24) is 4.57 Å². The predicted octanol–water partition coefficient (Wildman–Crippen LogP) is 3.31. The number of carboxylic acids is 1. The largest absolute Gasteiger partial charge is 0.478 e. The van der Waals surface area contributed by atoms with Crippen molar-refractivity contribution in [2.24, 2.45) is 0 Å². The minimum Gasteiger partial charge on any atom is -0.478 e. The van der Waals surface area contributed by atoms with Gasteiger partial charge >= 0.3 is 5.97 Å². The Morgan fingerprint density at radius 3 is 2.43 bits per heavy atom. The van der Waals surface area contributed by atoms with Crippen LogP contribution in [0.1, 0.15) is 29.9 Å². The Bertz CT molecular complexity index is 798. The van der Waals surface area contributed by atoms with Crippen LogP contribution in [0.2, 0.25) is 0 Å². The molecule has 0 aliphatic rings. The monoisotopic (exact) mass is 283 g/mol. The third-order valence-corrected chi connectivity index (χ3v) is 3.28. The standard InChI is InChI=1S/C17H17NO3/c1-3-5-10-14-15(17(20)21)12-8-6-7-9-13(12)16(19)18(14)11-4-2/h3-9,11H,10H2,1-2H3,(H,20,21). The first-order chi connectivity index (χ1) is 10.1. The van der Waals surface area contributed by atoms with Gasteiger partial charge in [0.2, 0.25) is 0 Å². The summed E-state index contributed by atoms with van der Waals surface area (Å²) in [5.41, 5.74) is 0.469. The highest BCUT2D eigenvalue weighted by atomic mass is 16.4. The van der Waals surface area contributed by atoms with Gasteiger partial charge in [0.25, 0.3) is 5.56 Å². The first kappa shape index (κ1) is 14.8. The molecule has 1 aromatic heterocycles. The Kier molecular flexibility index (Phi) is 4.38. The van der Waals surface area contributed by atoms with Crippen molar-refractivity contribution in [1.29, 1.82) is 0 Å². The summed E-state index contributed by atoms with van der Waals surface area (Å²) in [6.07, 6.45) is 7.41. The molecule has 4 nitrogen and oxygen atoms in total. The minimum atomic E-state index is -1.02. The van der Waals surface area contributed by atoms with Gasteiger partial charge in [-0.1, -0.05) is 36.4 Å². The van der Waals surface area contributed by atoms with Crippen LogP contribution in [0.5, 0.6) is 0 Å². The molecule has 4 heteroatoms. The SMILES string of the molecule is CC=CCc1c(C(=O)O)c2ccccc2c(=O)n1C=CC. The number of nitrogens with zero attached hydrogens (tertiary/aromatic N) is 1. The van der Waals surface area contributed by atoms with Crippen LogP contribution in [0.4, 0.5) is 0 Å². The Morgan fingerprint density at radius 1 is 1.19 bits per heavy atom. The van der Waals surface area contributed by atoms with E-state index in [1.165, 1.54) is 4.57 Å². The molecular formula is C17H17NO3. The number of hydrogen-bond donors (Lipinski definition) is 1. The van der Waals surface area contributed by atoms with E-state index in [9.17, 15) is 14.7 Å². The van der Waals surface area contributed by atoms with E-state index in [1.54, 1.807) is 43.5 Å². The molecule has 21 heavy (non-hydrogen) atoms. The van der Waals surface area contributed by atoms with Crippen LogP contribution < -0.4 is 5.56 Å². The number of rotatable bonds is 4. The van der Waals surface area contributed by atoms with Crippen molar-refractivity contribution in [2.75, 3.05) is 0 Å². The Hall–Kier alpha value is -2.62. The lowest BCUT2D eigenvalue weighted by Crippen LogP contribution is -2.23. The van der Waals surface area contributed by atoms with Gasteiger partial charge in [0.1, 0.15) is 0 Å². The van der Waals surface area contributed by atoms with Crippen LogP contribution in [0.25, 0.3) is 17.0 Å². The molecule has 0 fully saturated rings. The van der Waals surface area contributed by atoms with E-state index in [0.717, 1.165) is 0 Å². The number of pyridine rings is 1. The topological polar surface area (TPSA) is 59.3 Å². The van der Waals surface area contributed by atoms with Crippen LogP contribution >= 0.6 is 0 Å². The van der Waals surface area contributed by atoms with E-state index in [4.69, 9.17) is 0 Å². The summed E-state index contributed by atoms with van der Waals surface area (Å²) in [7, 11) is 0. The molecule has 0 aliphatic carbocycles. The zero-order chi connectivity index (χ0) is 15.4. The summed E-state index contributed by atoms with van der Waals surface area (Å²) in [5, 5.41) is 10.5. The van der Waals surface area contributed by atoms with Crippen molar-refractivity contribution in [2.45, 2.75) is 20.3 Å². The molecule has 0 atom stereocenters. The van der Waals surface area contributed by atoms with E-state index >= 15 is 0 Å². The van der Waals surface area contributed by atoms with Crippen LogP contribution in [0.3, 0.4) is 0 Å². The molecule has 108 valence electrons. The average Bonchev–Trinajstić information content (AvgIpc) is 2.48. The molecule has 0 saturated carbocycles. The minimum absolute atomic E-state index is 0.182. The molecule has 0 unspecified atom stereocenters. The van der Waals surface area contributed by atoms with Gasteiger partial charge in [-0.25, -0.2) is 4.79 Å². The van der Waals surface area contributed by atoms with Gasteiger partial charge in [-0.05, 0) is 19.9 Å². The number of fused-ring (bicyclic) bond motifs is 1. The van der Waals surface area contributed by atoms with Crippen molar-refractivity contribution in [3.8, 4) is 0 Å². The van der Waals surface area contributed by atoms with E-state index in [1.807, 2.05) is 19.1 Å². The van der Waals surface area contributed by atoms with E-state index in [-0.39, 0.29) is 11.1 Å². The number of aromatic carboxylic acids is 1. The number of benzene rings is 1. The maximum absolute atomic E-state index is 12.6. The molecule has 0 spiro atoms. The van der Waals surface area contributed by atoms with Gasteiger partial charge in [-0.3, -0.25) is 9.36 Å². The lowest BCUT2D eigenvalue weighted by Gasteiger charge is -2.14. The number of hydrogen-bond acceptors (Lipinski definition) is 2. The highest BCUT2D eigenvalue weighted by molar-refractivity contribution is 6.04. The van der Waals surface area contributed by atoms with Gasteiger partial charge in [-0.15, -0.1) is 0 Å². The second-order valence-electron chi connectivity index (χ2n) is 4.60. The fourth-order valence-electron chi connectivity index (χ4n) is 2.39. The van der Waals surface area contributed by atoms with Gasteiger partial charge in [0.15, 0.2) is 0 Å². The number of carboxylic acid groups (broad SMARTS) is 1. The molecule has 0 bridgehead atoms. The Labute approximate surface area is 122 Å². The van der Waals surface area contributed by atoms with Crippen molar-refractivity contribution < 1.29 is 9.90 Å². The second-order valence-corrected chi connectivity index (χ2v) is 4.60. The van der Waals surface area contributed by atoms with E-state index < -0.39 is 5.97 Å². The fourth-order valence-corrected chi connectivity index (χ4v) is 2.39. The van der Waals surface area contributed by atoms with Crippen molar-refractivity contribution >= 4 is 22.9 Å². The zero-order valence-corrected chi connectivity index (χ0v) is 12.0. The average molecular weight is 283 g/mol. The molecule has 0 saturated heterocycles. The summed E-state index contributed by atoms with van der Waals surface area (Å²) in [4.78, 5) is 24.3. The lowest BCUT2D eigenvalue weighted by molar-refractivity contribution is 0.0697. The molecular weight excluding hydrogens is 266 g/mol. The number of aromatic nitrogens is 1. The maximum Gasteiger partial charge on any atom is 0.338 e. The summed E-state index contributed by atoms with van der Waals surface area (Å²) in [5.74, 6) is -1.02. The van der Waals surface area contributed by atoms with Gasteiger partial charge in [0.05, 0.1) is 5.56 Å². The van der Waals surface area contributed by atoms with Crippen LogP contribution in [-0.2, 0) is 6.42 Å².